The minimum absolute atomic E-state index is 0.931. The summed E-state index contributed by atoms with van der Waals surface area (Å²) >= 11 is 0. The van der Waals surface area contributed by atoms with Crippen molar-refractivity contribution >= 4 is 5.96 Å². The molecule has 0 unspecified atom stereocenters. The summed E-state index contributed by atoms with van der Waals surface area (Å²) in [7, 11) is 3.86. The van der Waals surface area contributed by atoms with Crippen molar-refractivity contribution in [1.82, 2.24) is 10.2 Å². The molecule has 3 heteroatoms. The third-order valence-corrected chi connectivity index (χ3v) is 1.47. The molecule has 0 aromatic heterocycles. The molecule has 0 heterocycles. The fraction of sp³-hybridized carbons (Fsp3) is 0.900. The molecule has 0 spiro atoms. The van der Waals surface area contributed by atoms with E-state index in [0.29, 0.717) is 0 Å². The zero-order valence-electron chi connectivity index (χ0n) is 10.0. The largest absolute Gasteiger partial charge is 0.357 e. The summed E-state index contributed by atoms with van der Waals surface area (Å²) in [4.78, 5) is 6.26. The molecule has 0 fully saturated rings. The van der Waals surface area contributed by atoms with Gasteiger partial charge in [-0.3, -0.25) is 4.99 Å². The molecule has 0 saturated carbocycles. The maximum atomic E-state index is 4.13. The average Bonchev–Trinajstić information content (AvgIpc) is 2.17. The van der Waals surface area contributed by atoms with E-state index in [1.807, 2.05) is 20.9 Å². The first-order chi connectivity index (χ1) is 6.26. The van der Waals surface area contributed by atoms with Gasteiger partial charge in [0.2, 0.25) is 0 Å². The predicted molar refractivity (Wildman–Crippen MR) is 61.3 cm³/mol. The second-order valence-electron chi connectivity index (χ2n) is 2.50. The fourth-order valence-electron chi connectivity index (χ4n) is 0.984. The Labute approximate surface area is 83.2 Å². The third-order valence-electron chi connectivity index (χ3n) is 1.47. The summed E-state index contributed by atoms with van der Waals surface area (Å²) in [6.45, 7) is 10.2. The van der Waals surface area contributed by atoms with Gasteiger partial charge in [0.1, 0.15) is 0 Å². The quantitative estimate of drug-likeness (QED) is 0.540. The number of aliphatic imine (C=N–C) groups is 1. The maximum Gasteiger partial charge on any atom is 0.193 e. The lowest BCUT2D eigenvalue weighted by Gasteiger charge is -2.20. The van der Waals surface area contributed by atoms with Gasteiger partial charge in [0.15, 0.2) is 5.96 Å². The highest BCUT2D eigenvalue weighted by Crippen LogP contribution is 1.86. The van der Waals surface area contributed by atoms with E-state index in [9.17, 15) is 0 Å². The second-order valence-corrected chi connectivity index (χ2v) is 2.50. The number of guanidine groups is 1. The smallest absolute Gasteiger partial charge is 0.193 e. The highest BCUT2D eigenvalue weighted by molar-refractivity contribution is 5.79. The van der Waals surface area contributed by atoms with E-state index < -0.39 is 0 Å². The Kier molecular flexibility index (Phi) is 12.8. The molecule has 0 rings (SSSR count). The summed E-state index contributed by atoms with van der Waals surface area (Å²) in [6.07, 6.45) is 1.15. The van der Waals surface area contributed by atoms with Crippen LogP contribution in [0, 0.1) is 0 Å². The van der Waals surface area contributed by atoms with Gasteiger partial charge in [-0.25, -0.2) is 0 Å². The molecule has 3 nitrogen and oxygen atoms in total. The van der Waals surface area contributed by atoms with Crippen LogP contribution in [0.5, 0.6) is 0 Å². The highest BCUT2D eigenvalue weighted by Gasteiger charge is 2.00. The van der Waals surface area contributed by atoms with Crippen molar-refractivity contribution in [3.05, 3.63) is 0 Å². The first kappa shape index (κ1) is 14.8. The van der Waals surface area contributed by atoms with E-state index in [0.717, 1.165) is 25.5 Å². The molecular weight excluding hydrogens is 162 g/mol. The standard InChI is InChI=1S/C8H19N3.C2H6/c1-5-7-11(4)8(9-3)10-6-2;1-2/h5-7H2,1-4H3,(H,9,10);1-2H3. The van der Waals surface area contributed by atoms with E-state index in [1.54, 1.807) is 0 Å². The SMILES string of the molecule is CC.CCCN(C)C(=NC)NCC. The molecule has 0 saturated heterocycles. The lowest BCUT2D eigenvalue weighted by Crippen LogP contribution is -2.38. The Hall–Kier alpha value is -0.730. The van der Waals surface area contributed by atoms with Crippen LogP contribution in [-0.4, -0.2) is 38.0 Å². The van der Waals surface area contributed by atoms with Crippen molar-refractivity contribution in [3.63, 3.8) is 0 Å². The van der Waals surface area contributed by atoms with Crippen molar-refractivity contribution < 1.29 is 0 Å². The Morgan fingerprint density at radius 1 is 1.31 bits per heavy atom. The Morgan fingerprint density at radius 2 is 1.85 bits per heavy atom. The summed E-state index contributed by atoms with van der Waals surface area (Å²) in [5.74, 6) is 0.981. The molecule has 13 heavy (non-hydrogen) atoms. The molecule has 0 aliphatic heterocycles. The fourth-order valence-corrected chi connectivity index (χ4v) is 0.984. The van der Waals surface area contributed by atoms with Gasteiger partial charge < -0.3 is 10.2 Å². The third kappa shape index (κ3) is 7.62. The molecular formula is C10H25N3. The van der Waals surface area contributed by atoms with Gasteiger partial charge in [-0.1, -0.05) is 20.8 Å². The van der Waals surface area contributed by atoms with E-state index in [-0.39, 0.29) is 0 Å². The van der Waals surface area contributed by atoms with Gasteiger partial charge in [-0.2, -0.15) is 0 Å². The average molecular weight is 187 g/mol. The van der Waals surface area contributed by atoms with Crippen LogP contribution in [0.3, 0.4) is 0 Å². The van der Waals surface area contributed by atoms with Crippen LogP contribution in [0.15, 0.2) is 4.99 Å². The van der Waals surface area contributed by atoms with E-state index in [4.69, 9.17) is 0 Å². The lowest BCUT2D eigenvalue weighted by molar-refractivity contribution is 0.481. The molecule has 1 N–H and O–H groups in total. The molecule has 0 aliphatic carbocycles. The normalized spacial score (nSPS) is 10.2. The number of nitrogens with one attached hydrogen (secondary N) is 1. The van der Waals surface area contributed by atoms with E-state index >= 15 is 0 Å². The number of nitrogens with zero attached hydrogens (tertiary/aromatic N) is 2. The molecule has 0 amide bonds. The number of rotatable bonds is 3. The molecule has 80 valence electrons. The van der Waals surface area contributed by atoms with Crippen molar-refractivity contribution in [2.24, 2.45) is 4.99 Å². The zero-order chi connectivity index (χ0) is 10.7. The van der Waals surface area contributed by atoms with Gasteiger partial charge in [0, 0.05) is 27.2 Å². The minimum atomic E-state index is 0.931. The first-order valence-corrected chi connectivity index (χ1v) is 5.18. The van der Waals surface area contributed by atoms with E-state index in [2.05, 4.69) is 36.1 Å². The molecule has 0 aliphatic rings. The molecule has 0 atom stereocenters. The van der Waals surface area contributed by atoms with Gasteiger partial charge >= 0.3 is 0 Å². The van der Waals surface area contributed by atoms with Crippen LogP contribution >= 0.6 is 0 Å². The summed E-state index contributed by atoms with van der Waals surface area (Å²) in [5.41, 5.74) is 0. The maximum absolute atomic E-state index is 4.13. The predicted octanol–water partition coefficient (Wildman–Crippen LogP) is 1.95. The van der Waals surface area contributed by atoms with Crippen molar-refractivity contribution in [2.75, 3.05) is 27.2 Å². The van der Waals surface area contributed by atoms with Crippen LogP contribution in [0.4, 0.5) is 0 Å². The Bertz CT molecular complexity index is 121. The summed E-state index contributed by atoms with van der Waals surface area (Å²) in [5, 5.41) is 3.19. The Balaban J connectivity index is 0. The highest BCUT2D eigenvalue weighted by atomic mass is 15.3. The lowest BCUT2D eigenvalue weighted by atomic mass is 10.4. The number of hydrogen-bond donors (Lipinski definition) is 1. The van der Waals surface area contributed by atoms with Crippen LogP contribution in [0.1, 0.15) is 34.1 Å². The van der Waals surface area contributed by atoms with Crippen LogP contribution < -0.4 is 5.32 Å². The molecule has 0 aromatic rings. The second kappa shape index (κ2) is 11.3. The Morgan fingerprint density at radius 3 is 2.15 bits per heavy atom. The van der Waals surface area contributed by atoms with Crippen LogP contribution in [-0.2, 0) is 0 Å². The van der Waals surface area contributed by atoms with Gasteiger partial charge in [0.05, 0.1) is 0 Å². The molecule has 0 aromatic carbocycles. The summed E-state index contributed by atoms with van der Waals surface area (Å²) < 4.78 is 0. The van der Waals surface area contributed by atoms with Crippen molar-refractivity contribution in [1.29, 1.82) is 0 Å². The van der Waals surface area contributed by atoms with Crippen molar-refractivity contribution in [3.8, 4) is 0 Å². The van der Waals surface area contributed by atoms with Gasteiger partial charge in [0.25, 0.3) is 0 Å². The van der Waals surface area contributed by atoms with E-state index in [1.165, 1.54) is 0 Å². The van der Waals surface area contributed by atoms with Crippen LogP contribution in [0.25, 0.3) is 0 Å². The summed E-state index contributed by atoms with van der Waals surface area (Å²) in [6, 6.07) is 0. The van der Waals surface area contributed by atoms with Crippen LogP contribution in [0.2, 0.25) is 0 Å². The topological polar surface area (TPSA) is 27.6 Å². The van der Waals surface area contributed by atoms with Gasteiger partial charge in [-0.05, 0) is 13.3 Å². The van der Waals surface area contributed by atoms with Crippen molar-refractivity contribution in [2.45, 2.75) is 34.1 Å². The monoisotopic (exact) mass is 187 g/mol. The number of hydrogen-bond acceptors (Lipinski definition) is 1. The first-order valence-electron chi connectivity index (χ1n) is 5.18. The van der Waals surface area contributed by atoms with Gasteiger partial charge in [-0.15, -0.1) is 0 Å². The molecule has 0 bridgehead atoms. The molecule has 0 radical (unpaired) electrons. The zero-order valence-corrected chi connectivity index (χ0v) is 10.0. The minimum Gasteiger partial charge on any atom is -0.357 e.